The lowest BCUT2D eigenvalue weighted by atomic mass is 9.48. The van der Waals surface area contributed by atoms with E-state index in [0.29, 0.717) is 41.6 Å². The van der Waals surface area contributed by atoms with Crippen molar-refractivity contribution < 1.29 is 10.2 Å². The number of benzene rings is 1. The maximum absolute atomic E-state index is 9.85. The van der Waals surface area contributed by atoms with E-state index >= 15 is 0 Å². The zero-order valence-electron chi connectivity index (χ0n) is 23.7. The number of aliphatic hydroxyl groups is 1. The third kappa shape index (κ3) is 5.91. The first-order chi connectivity index (χ1) is 19.4. The first-order valence-electron chi connectivity index (χ1n) is 15.3. The van der Waals surface area contributed by atoms with Crippen molar-refractivity contribution in [3.05, 3.63) is 41.1 Å². The molecular weight excluding hydrogens is 500 g/mol. The van der Waals surface area contributed by atoms with E-state index < -0.39 is 0 Å². The van der Waals surface area contributed by atoms with Gasteiger partial charge in [0.1, 0.15) is 23.2 Å². The van der Waals surface area contributed by atoms with Crippen LogP contribution in [0.1, 0.15) is 74.5 Å². The summed E-state index contributed by atoms with van der Waals surface area (Å²) in [6, 6.07) is 8.57. The fourth-order valence-corrected chi connectivity index (χ4v) is 8.54. The highest BCUT2D eigenvalue weighted by Crippen LogP contribution is 2.60. The molecule has 0 saturated heterocycles. The van der Waals surface area contributed by atoms with E-state index in [0.717, 1.165) is 74.1 Å². The first-order valence-corrected chi connectivity index (χ1v) is 15.3. The number of aromatic hydroxyl groups is 1. The van der Waals surface area contributed by atoms with Crippen LogP contribution in [0.2, 0.25) is 0 Å². The Labute approximate surface area is 238 Å². The lowest BCUT2D eigenvalue weighted by molar-refractivity contribution is -0.0705. The van der Waals surface area contributed by atoms with Gasteiger partial charge >= 0.3 is 0 Å². The van der Waals surface area contributed by atoms with Crippen LogP contribution in [0.4, 0.5) is 11.8 Å². The van der Waals surface area contributed by atoms with Gasteiger partial charge in [0.15, 0.2) is 0 Å². The van der Waals surface area contributed by atoms with Crippen LogP contribution in [-0.4, -0.2) is 52.0 Å². The van der Waals surface area contributed by atoms with Crippen molar-refractivity contribution in [2.75, 3.05) is 30.3 Å². The Morgan fingerprint density at radius 3 is 2.58 bits per heavy atom. The van der Waals surface area contributed by atoms with Gasteiger partial charge in [-0.3, -0.25) is 0 Å². The predicted molar refractivity (Wildman–Crippen MR) is 156 cm³/mol. The monoisotopic (exact) mass is 544 g/mol. The van der Waals surface area contributed by atoms with Gasteiger partial charge in [0.2, 0.25) is 5.95 Å². The zero-order chi connectivity index (χ0) is 27.7. The van der Waals surface area contributed by atoms with Gasteiger partial charge in [-0.25, -0.2) is 4.98 Å². The topological polar surface area (TPSA) is 126 Å². The second-order valence-corrected chi connectivity index (χ2v) is 13.3. The maximum Gasteiger partial charge on any atom is 0.224 e. The van der Waals surface area contributed by atoms with Gasteiger partial charge in [0, 0.05) is 19.1 Å². The molecule has 0 aliphatic heterocycles. The van der Waals surface area contributed by atoms with Crippen molar-refractivity contribution in [3.8, 4) is 11.8 Å². The highest BCUT2D eigenvalue weighted by molar-refractivity contribution is 5.53. The van der Waals surface area contributed by atoms with Crippen LogP contribution in [0.15, 0.2) is 24.4 Å². The van der Waals surface area contributed by atoms with E-state index in [1.807, 2.05) is 19.1 Å². The second-order valence-electron chi connectivity index (χ2n) is 13.3. The molecule has 1 heterocycles. The van der Waals surface area contributed by atoms with Crippen molar-refractivity contribution in [2.45, 2.75) is 83.3 Å². The molecule has 5 aliphatic carbocycles. The summed E-state index contributed by atoms with van der Waals surface area (Å²) in [5.74, 6) is 4.49. The SMILES string of the molecule is Cc1cc(CCNc2ncc(C#N)c(NCC34CC5C[C@H](C3)C(NCC3CCC(O)CC3)[C@@H](C5)C4)n2)ccc1O. The fraction of sp³-hybridized carbons (Fsp3) is 0.656. The van der Waals surface area contributed by atoms with Gasteiger partial charge in [-0.2, -0.15) is 10.2 Å². The van der Waals surface area contributed by atoms with Crippen LogP contribution in [0.25, 0.3) is 0 Å². The molecule has 214 valence electrons. The Bertz CT molecular complexity index is 1220. The van der Waals surface area contributed by atoms with Crippen molar-refractivity contribution in [3.63, 3.8) is 0 Å². The van der Waals surface area contributed by atoms with E-state index in [1.165, 1.54) is 32.1 Å². The summed E-state index contributed by atoms with van der Waals surface area (Å²) in [6.07, 6.45) is 13.0. The molecule has 1 aromatic carbocycles. The van der Waals surface area contributed by atoms with Crippen molar-refractivity contribution >= 4 is 11.8 Å². The largest absolute Gasteiger partial charge is 0.508 e. The summed E-state index contributed by atoms with van der Waals surface area (Å²) >= 11 is 0. The number of hydrogen-bond acceptors (Lipinski definition) is 8. The molecular formula is C32H44N6O2. The lowest BCUT2D eigenvalue weighted by Crippen LogP contribution is -2.60. The number of anilines is 2. The molecule has 8 heteroatoms. The Balaban J connectivity index is 1.05. The number of aromatic nitrogens is 2. The number of aliphatic hydroxyl groups excluding tert-OH is 1. The highest BCUT2D eigenvalue weighted by atomic mass is 16.3. The van der Waals surface area contributed by atoms with Gasteiger partial charge in [-0.05, 0) is 124 Å². The number of nitriles is 1. The predicted octanol–water partition coefficient (Wildman–Crippen LogP) is 4.76. The molecule has 5 fully saturated rings. The van der Waals surface area contributed by atoms with Crippen LogP contribution in [-0.2, 0) is 6.42 Å². The molecule has 5 saturated carbocycles. The van der Waals surface area contributed by atoms with Gasteiger partial charge in [0.05, 0.1) is 12.3 Å². The molecule has 40 heavy (non-hydrogen) atoms. The van der Waals surface area contributed by atoms with Gasteiger partial charge in [0.25, 0.3) is 0 Å². The summed E-state index contributed by atoms with van der Waals surface area (Å²) in [6.45, 7) is 4.54. The van der Waals surface area contributed by atoms with Crippen LogP contribution in [0.5, 0.6) is 5.75 Å². The summed E-state index contributed by atoms with van der Waals surface area (Å²) in [7, 11) is 0. The van der Waals surface area contributed by atoms with Crippen LogP contribution in [0, 0.1) is 47.3 Å². The molecule has 5 aliphatic rings. The Kier molecular flexibility index (Phi) is 7.87. The lowest BCUT2D eigenvalue weighted by Gasteiger charge is -2.60. The van der Waals surface area contributed by atoms with Crippen molar-refractivity contribution in [2.24, 2.45) is 29.1 Å². The van der Waals surface area contributed by atoms with Crippen LogP contribution < -0.4 is 16.0 Å². The number of nitrogens with one attached hydrogen (secondary N) is 3. The smallest absolute Gasteiger partial charge is 0.224 e. The average molecular weight is 545 g/mol. The van der Waals surface area contributed by atoms with Crippen LogP contribution >= 0.6 is 0 Å². The number of nitrogens with zero attached hydrogens (tertiary/aromatic N) is 3. The fourth-order valence-electron chi connectivity index (χ4n) is 8.54. The van der Waals surface area contributed by atoms with E-state index in [4.69, 9.17) is 4.98 Å². The first kappa shape index (κ1) is 27.3. The number of rotatable bonds is 10. The summed E-state index contributed by atoms with van der Waals surface area (Å²) in [5, 5.41) is 40.3. The van der Waals surface area contributed by atoms with E-state index in [9.17, 15) is 15.5 Å². The molecule has 5 N–H and O–H groups in total. The minimum atomic E-state index is -0.0806. The third-order valence-electron chi connectivity index (χ3n) is 10.4. The molecule has 7 rings (SSSR count). The van der Waals surface area contributed by atoms with E-state index in [1.54, 1.807) is 12.3 Å². The Morgan fingerprint density at radius 2 is 1.85 bits per heavy atom. The molecule has 3 unspecified atom stereocenters. The summed E-state index contributed by atoms with van der Waals surface area (Å²) in [4.78, 5) is 9.07. The normalized spacial score (nSPS) is 32.5. The van der Waals surface area contributed by atoms with Gasteiger partial charge in [-0.15, -0.1) is 0 Å². The van der Waals surface area contributed by atoms with E-state index in [-0.39, 0.29) is 11.5 Å². The molecule has 5 atom stereocenters. The Morgan fingerprint density at radius 1 is 1.07 bits per heavy atom. The quantitative estimate of drug-likeness (QED) is 0.290. The average Bonchev–Trinajstić information content (AvgIpc) is 2.94. The minimum absolute atomic E-state index is 0.0806. The number of phenols is 1. The molecule has 0 amide bonds. The number of aryl methyl sites for hydroxylation is 1. The zero-order valence-corrected chi connectivity index (χ0v) is 23.7. The van der Waals surface area contributed by atoms with Gasteiger partial charge in [-0.1, -0.05) is 12.1 Å². The third-order valence-corrected chi connectivity index (χ3v) is 10.4. The highest BCUT2D eigenvalue weighted by Gasteiger charge is 2.55. The molecule has 8 nitrogen and oxygen atoms in total. The maximum atomic E-state index is 9.85. The molecule has 2 aromatic rings. The summed E-state index contributed by atoms with van der Waals surface area (Å²) < 4.78 is 0. The minimum Gasteiger partial charge on any atom is -0.508 e. The molecule has 0 radical (unpaired) electrons. The second kappa shape index (κ2) is 11.5. The standard InChI is InChI=1S/C32H44N6O2/c1-20-10-21(4-7-28(20)40)8-9-34-31-36-18-26(16-33)30(38-31)37-19-32-13-23-11-24(14-32)29(25(12-23)15-32)35-17-22-2-5-27(39)6-3-22/h4,7,10,18,22-25,27,29,35,39-40H,2-3,5-6,8-9,11-15,17,19H2,1H3,(H2,34,36,37,38)/t22?,23?,24-,25+,27?,29?,32?. The van der Waals surface area contributed by atoms with Crippen LogP contribution in [0.3, 0.4) is 0 Å². The van der Waals surface area contributed by atoms with Crippen molar-refractivity contribution in [1.29, 1.82) is 5.26 Å². The summed E-state index contributed by atoms with van der Waals surface area (Å²) in [5.41, 5.74) is 2.78. The van der Waals surface area contributed by atoms with E-state index in [2.05, 4.69) is 27.0 Å². The molecule has 4 bridgehead atoms. The Hall–Kier alpha value is -2.89. The number of phenolic OH excluding ortho intramolecular Hbond substituents is 1. The molecule has 1 aromatic heterocycles. The van der Waals surface area contributed by atoms with Crippen molar-refractivity contribution in [1.82, 2.24) is 15.3 Å². The van der Waals surface area contributed by atoms with Gasteiger partial charge < -0.3 is 26.2 Å². The molecule has 0 spiro atoms. The number of hydrogen-bond donors (Lipinski definition) is 5.